The highest BCUT2D eigenvalue weighted by atomic mass is 16.5. The van der Waals surface area contributed by atoms with Gasteiger partial charge < -0.3 is 14.7 Å². The third-order valence-corrected chi connectivity index (χ3v) is 3.91. The molecule has 0 aliphatic carbocycles. The van der Waals surface area contributed by atoms with Gasteiger partial charge in [0, 0.05) is 12.2 Å². The van der Waals surface area contributed by atoms with E-state index in [2.05, 4.69) is 0 Å². The molecule has 0 unspecified atom stereocenters. The van der Waals surface area contributed by atoms with Crippen LogP contribution in [0.2, 0.25) is 0 Å². The lowest BCUT2D eigenvalue weighted by Crippen LogP contribution is -2.35. The highest BCUT2D eigenvalue weighted by Crippen LogP contribution is 2.36. The number of carboxylic acid groups (broad SMARTS) is 1. The fraction of sp³-hybridized carbons (Fsp3) is 0.167. The lowest BCUT2D eigenvalue weighted by molar-refractivity contribution is -0.138. The molecule has 1 amide bonds. The second kappa shape index (κ2) is 6.42. The minimum absolute atomic E-state index is 0.101. The Bertz CT molecular complexity index is 824. The standard InChI is InChI=1S/C18H14N2O4/c19-9-12-5-7-13(8-6-12)24-11-17(21)20-10-15(18(22)23)14-3-1-2-4-16(14)20/h1-8,15H,10-11H2,(H,22,23)/t15-/m0/s1. The summed E-state index contributed by atoms with van der Waals surface area (Å²) in [6.07, 6.45) is 0. The quantitative estimate of drug-likeness (QED) is 0.931. The number of carboxylic acids is 1. The molecule has 1 heterocycles. The van der Waals surface area contributed by atoms with Crippen LogP contribution in [0.15, 0.2) is 48.5 Å². The highest BCUT2D eigenvalue weighted by Gasteiger charge is 2.36. The van der Waals surface area contributed by atoms with Gasteiger partial charge >= 0.3 is 5.97 Å². The van der Waals surface area contributed by atoms with Crippen molar-refractivity contribution < 1.29 is 19.4 Å². The van der Waals surface area contributed by atoms with E-state index in [4.69, 9.17) is 10.00 Å². The van der Waals surface area contributed by atoms with Crippen molar-refractivity contribution in [3.63, 3.8) is 0 Å². The summed E-state index contributed by atoms with van der Waals surface area (Å²) in [6, 6.07) is 15.4. The third kappa shape index (κ3) is 2.92. The van der Waals surface area contributed by atoms with Crippen molar-refractivity contribution in [2.45, 2.75) is 5.92 Å². The first-order valence-corrected chi connectivity index (χ1v) is 7.35. The molecule has 1 atom stereocenters. The van der Waals surface area contributed by atoms with E-state index in [9.17, 15) is 14.7 Å². The van der Waals surface area contributed by atoms with Crippen LogP contribution in [0.25, 0.3) is 0 Å². The topological polar surface area (TPSA) is 90.6 Å². The van der Waals surface area contributed by atoms with Gasteiger partial charge in [0.1, 0.15) is 11.7 Å². The van der Waals surface area contributed by atoms with Gasteiger partial charge in [0.2, 0.25) is 0 Å². The first kappa shape index (κ1) is 15.6. The maximum atomic E-state index is 12.4. The Balaban J connectivity index is 1.71. The van der Waals surface area contributed by atoms with Crippen LogP contribution >= 0.6 is 0 Å². The summed E-state index contributed by atoms with van der Waals surface area (Å²) >= 11 is 0. The first-order valence-electron chi connectivity index (χ1n) is 7.35. The second-order valence-corrected chi connectivity index (χ2v) is 5.38. The molecular weight excluding hydrogens is 308 g/mol. The normalized spacial score (nSPS) is 15.5. The summed E-state index contributed by atoms with van der Waals surface area (Å²) < 4.78 is 5.44. The van der Waals surface area contributed by atoms with Gasteiger partial charge in [-0.3, -0.25) is 9.59 Å². The van der Waals surface area contributed by atoms with Gasteiger partial charge in [0.15, 0.2) is 6.61 Å². The van der Waals surface area contributed by atoms with Crippen molar-refractivity contribution in [1.29, 1.82) is 5.26 Å². The zero-order valence-electron chi connectivity index (χ0n) is 12.7. The molecule has 0 saturated carbocycles. The molecular formula is C18H14N2O4. The van der Waals surface area contributed by atoms with Crippen molar-refractivity contribution in [2.24, 2.45) is 0 Å². The minimum atomic E-state index is -0.953. The van der Waals surface area contributed by atoms with Gasteiger partial charge in [-0.25, -0.2) is 0 Å². The smallest absolute Gasteiger partial charge is 0.312 e. The molecule has 0 radical (unpaired) electrons. The third-order valence-electron chi connectivity index (χ3n) is 3.91. The molecule has 6 heteroatoms. The summed E-state index contributed by atoms with van der Waals surface area (Å²) in [6.45, 7) is -0.100. The molecule has 0 bridgehead atoms. The number of nitrogens with zero attached hydrogens (tertiary/aromatic N) is 2. The molecule has 1 aliphatic rings. The van der Waals surface area contributed by atoms with Crippen LogP contribution in [-0.2, 0) is 9.59 Å². The van der Waals surface area contributed by atoms with E-state index in [1.807, 2.05) is 6.07 Å². The van der Waals surface area contributed by atoms with Crippen LogP contribution in [0.4, 0.5) is 5.69 Å². The van der Waals surface area contributed by atoms with E-state index in [1.54, 1.807) is 48.5 Å². The average molecular weight is 322 g/mol. The van der Waals surface area contributed by atoms with E-state index >= 15 is 0 Å². The Morgan fingerprint density at radius 1 is 1.21 bits per heavy atom. The number of carbonyl (C=O) groups is 2. The van der Waals surface area contributed by atoms with Crippen molar-refractivity contribution in [3.05, 3.63) is 59.7 Å². The predicted molar refractivity (Wildman–Crippen MR) is 85.8 cm³/mol. The molecule has 0 fully saturated rings. The predicted octanol–water partition coefficient (Wildman–Crippen LogP) is 2.15. The minimum Gasteiger partial charge on any atom is -0.484 e. The number of hydrogen-bond donors (Lipinski definition) is 1. The second-order valence-electron chi connectivity index (χ2n) is 5.38. The number of amides is 1. The number of fused-ring (bicyclic) bond motifs is 1. The van der Waals surface area contributed by atoms with Gasteiger partial charge in [-0.15, -0.1) is 0 Å². The van der Waals surface area contributed by atoms with Gasteiger partial charge in [-0.1, -0.05) is 18.2 Å². The molecule has 1 N–H and O–H groups in total. The number of ether oxygens (including phenoxy) is 1. The van der Waals surface area contributed by atoms with Crippen LogP contribution in [0.1, 0.15) is 17.0 Å². The number of para-hydroxylation sites is 1. The van der Waals surface area contributed by atoms with Crippen molar-refractivity contribution >= 4 is 17.6 Å². The summed E-state index contributed by atoms with van der Waals surface area (Å²) in [5, 5.41) is 18.1. The average Bonchev–Trinajstić information content (AvgIpc) is 3.00. The molecule has 120 valence electrons. The van der Waals surface area contributed by atoms with E-state index in [1.165, 1.54) is 4.90 Å². The number of benzene rings is 2. The Kier molecular flexibility index (Phi) is 4.17. The van der Waals surface area contributed by atoms with Gasteiger partial charge in [0.05, 0.1) is 11.6 Å². The molecule has 1 aliphatic heterocycles. The Morgan fingerprint density at radius 3 is 2.58 bits per heavy atom. The van der Waals surface area contributed by atoms with Crippen molar-refractivity contribution in [2.75, 3.05) is 18.1 Å². The largest absolute Gasteiger partial charge is 0.484 e. The molecule has 2 aromatic rings. The number of hydrogen-bond acceptors (Lipinski definition) is 4. The maximum Gasteiger partial charge on any atom is 0.312 e. The number of rotatable bonds is 4. The van der Waals surface area contributed by atoms with E-state index in [0.717, 1.165) is 0 Å². The molecule has 2 aromatic carbocycles. The lowest BCUT2D eigenvalue weighted by Gasteiger charge is -2.17. The van der Waals surface area contributed by atoms with Crippen LogP contribution in [0, 0.1) is 11.3 Å². The highest BCUT2D eigenvalue weighted by molar-refractivity contribution is 5.99. The Hall–Kier alpha value is -3.33. The first-order chi connectivity index (χ1) is 11.6. The fourth-order valence-electron chi connectivity index (χ4n) is 2.70. The summed E-state index contributed by atoms with van der Waals surface area (Å²) in [5.74, 6) is -1.51. The van der Waals surface area contributed by atoms with Crippen LogP contribution in [0.3, 0.4) is 0 Å². The fourth-order valence-corrected chi connectivity index (χ4v) is 2.70. The molecule has 6 nitrogen and oxygen atoms in total. The van der Waals surface area contributed by atoms with Gasteiger partial charge in [0.25, 0.3) is 5.91 Å². The zero-order valence-corrected chi connectivity index (χ0v) is 12.7. The monoisotopic (exact) mass is 322 g/mol. The maximum absolute atomic E-state index is 12.4. The van der Waals surface area contributed by atoms with Gasteiger partial charge in [-0.2, -0.15) is 5.26 Å². The Morgan fingerprint density at radius 2 is 1.92 bits per heavy atom. The Labute approximate surface area is 138 Å². The summed E-state index contributed by atoms with van der Waals surface area (Å²) in [4.78, 5) is 25.2. The molecule has 24 heavy (non-hydrogen) atoms. The van der Waals surface area contributed by atoms with E-state index in [-0.39, 0.29) is 19.1 Å². The summed E-state index contributed by atoms with van der Waals surface area (Å²) in [5.41, 5.74) is 1.75. The van der Waals surface area contributed by atoms with Crippen molar-refractivity contribution in [3.8, 4) is 11.8 Å². The number of nitriles is 1. The van der Waals surface area contributed by atoms with Gasteiger partial charge in [-0.05, 0) is 35.9 Å². The molecule has 0 spiro atoms. The SMILES string of the molecule is N#Cc1ccc(OCC(=O)N2C[C@H](C(=O)O)c3ccccc32)cc1. The van der Waals surface area contributed by atoms with Crippen LogP contribution < -0.4 is 9.64 Å². The number of aliphatic carboxylic acids is 1. The zero-order chi connectivity index (χ0) is 17.1. The molecule has 3 rings (SSSR count). The number of anilines is 1. The van der Waals surface area contributed by atoms with Crippen molar-refractivity contribution in [1.82, 2.24) is 0 Å². The van der Waals surface area contributed by atoms with Crippen LogP contribution in [-0.4, -0.2) is 30.1 Å². The molecule has 0 saturated heterocycles. The number of carbonyl (C=O) groups excluding carboxylic acids is 1. The van der Waals surface area contributed by atoms with E-state index < -0.39 is 11.9 Å². The van der Waals surface area contributed by atoms with E-state index in [0.29, 0.717) is 22.6 Å². The summed E-state index contributed by atoms with van der Waals surface area (Å²) in [7, 11) is 0. The molecule has 0 aromatic heterocycles. The lowest BCUT2D eigenvalue weighted by atomic mass is 10.0. The van der Waals surface area contributed by atoms with Crippen LogP contribution in [0.5, 0.6) is 5.75 Å².